The van der Waals surface area contributed by atoms with E-state index in [9.17, 15) is 31.2 Å². The summed E-state index contributed by atoms with van der Waals surface area (Å²) in [6, 6.07) is 8.10. The number of fused-ring (bicyclic) bond motifs is 1. The second kappa shape index (κ2) is 12.6. The van der Waals surface area contributed by atoms with Crippen LogP contribution in [0.25, 0.3) is 22.3 Å². The Kier molecular flexibility index (Phi) is 9.27. The zero-order valence-corrected chi connectivity index (χ0v) is 24.7. The Labute approximate surface area is 246 Å². The second-order valence-electron chi connectivity index (χ2n) is 10.5. The number of alkyl carbamates (subject to hydrolysis) is 1. The van der Waals surface area contributed by atoms with Gasteiger partial charge in [-0.25, -0.2) is 23.2 Å². The molecule has 3 heterocycles. The highest BCUT2D eigenvalue weighted by Gasteiger charge is 2.34. The van der Waals surface area contributed by atoms with Gasteiger partial charge < -0.3 is 25.6 Å². The molecule has 0 aliphatic carbocycles. The zero-order chi connectivity index (χ0) is 31.5. The molecule has 1 saturated heterocycles. The molecule has 0 radical (unpaired) electrons. The number of alkyl halides is 3. The van der Waals surface area contributed by atoms with E-state index in [1.165, 1.54) is 19.2 Å². The summed E-state index contributed by atoms with van der Waals surface area (Å²) in [6.45, 7) is 2.86. The molecule has 4 rings (SSSR count). The van der Waals surface area contributed by atoms with Crippen molar-refractivity contribution in [1.82, 2.24) is 25.2 Å². The molecule has 0 bridgehead atoms. The van der Waals surface area contributed by atoms with Crippen LogP contribution in [0, 0.1) is 5.92 Å². The summed E-state index contributed by atoms with van der Waals surface area (Å²) in [7, 11) is -2.29. The average molecular weight is 624 g/mol. The van der Waals surface area contributed by atoms with Crippen LogP contribution < -0.4 is 16.0 Å². The smallest absolute Gasteiger partial charge is 0.407 e. The molecule has 3 aromatic rings. The van der Waals surface area contributed by atoms with Gasteiger partial charge in [-0.3, -0.25) is 4.79 Å². The summed E-state index contributed by atoms with van der Waals surface area (Å²) in [5, 5.41) is 7.95. The molecule has 2 atom stereocenters. The standard InChI is InChI=1S/C27H32F3N7O5S/c1-15(2)21(35-26(39)42-3)24(38)37-11-10-17(13-37)32-25-34-20-9-8-19(16-6-5-7-18(12-16)43(4,40)41)33-22(20)23(36-25)31-14-27(28,29)30/h5-9,12,15,17,21H,10-11,13-14H2,1-4H3,(H,35,39)(H2,31,32,34,36)/t17-,21+/m0/s1. The summed E-state index contributed by atoms with van der Waals surface area (Å²) < 4.78 is 68.1. The van der Waals surface area contributed by atoms with E-state index < -0.39 is 34.7 Å². The van der Waals surface area contributed by atoms with Crippen molar-refractivity contribution in [3.63, 3.8) is 0 Å². The second-order valence-corrected chi connectivity index (χ2v) is 12.5. The van der Waals surface area contributed by atoms with E-state index in [0.29, 0.717) is 24.2 Å². The molecule has 232 valence electrons. The number of anilines is 2. The number of hydrogen-bond acceptors (Lipinski definition) is 10. The minimum Gasteiger partial charge on any atom is -0.453 e. The molecule has 0 saturated carbocycles. The molecule has 0 unspecified atom stereocenters. The summed E-state index contributed by atoms with van der Waals surface area (Å²) >= 11 is 0. The Hall–Kier alpha value is -4.21. The van der Waals surface area contributed by atoms with Gasteiger partial charge in [0.05, 0.1) is 23.2 Å². The Morgan fingerprint density at radius 1 is 1.14 bits per heavy atom. The van der Waals surface area contributed by atoms with Crippen molar-refractivity contribution in [2.45, 2.75) is 43.4 Å². The van der Waals surface area contributed by atoms with E-state index in [-0.39, 0.29) is 52.1 Å². The lowest BCUT2D eigenvalue weighted by Crippen LogP contribution is -2.51. The van der Waals surface area contributed by atoms with Crippen LogP contribution in [0.5, 0.6) is 0 Å². The van der Waals surface area contributed by atoms with Crippen LogP contribution in [-0.2, 0) is 19.4 Å². The largest absolute Gasteiger partial charge is 0.453 e. The number of carbonyl (C=O) groups is 2. The van der Waals surface area contributed by atoms with Crippen LogP contribution in [0.3, 0.4) is 0 Å². The Morgan fingerprint density at radius 3 is 2.53 bits per heavy atom. The first-order valence-corrected chi connectivity index (χ1v) is 15.2. The summed E-state index contributed by atoms with van der Waals surface area (Å²) in [5.41, 5.74) is 1.08. The maximum atomic E-state index is 13.1. The van der Waals surface area contributed by atoms with Gasteiger partial charge in [0.1, 0.15) is 18.1 Å². The summed E-state index contributed by atoms with van der Waals surface area (Å²) in [5.74, 6) is -0.610. The molecular weight excluding hydrogens is 591 g/mol. The maximum absolute atomic E-state index is 13.1. The third kappa shape index (κ3) is 8.00. The molecule has 12 nitrogen and oxygen atoms in total. The van der Waals surface area contributed by atoms with Crippen molar-refractivity contribution >= 4 is 44.6 Å². The molecule has 1 aliphatic rings. The number of aromatic nitrogens is 3. The topological polar surface area (TPSA) is 156 Å². The highest BCUT2D eigenvalue weighted by atomic mass is 32.2. The first kappa shape index (κ1) is 31.7. The Bertz CT molecular complexity index is 1620. The summed E-state index contributed by atoms with van der Waals surface area (Å²) in [6.07, 6.45) is -3.67. The van der Waals surface area contributed by atoms with Crippen LogP contribution >= 0.6 is 0 Å². The predicted octanol–water partition coefficient (Wildman–Crippen LogP) is 3.46. The van der Waals surface area contributed by atoms with Crippen molar-refractivity contribution in [1.29, 1.82) is 0 Å². The van der Waals surface area contributed by atoms with Gasteiger partial charge in [-0.05, 0) is 36.6 Å². The first-order chi connectivity index (χ1) is 20.1. The van der Waals surface area contributed by atoms with Gasteiger partial charge in [0.2, 0.25) is 11.9 Å². The predicted molar refractivity (Wildman–Crippen MR) is 153 cm³/mol. The lowest BCUT2D eigenvalue weighted by molar-refractivity contribution is -0.133. The van der Waals surface area contributed by atoms with Crippen LogP contribution in [0.1, 0.15) is 20.3 Å². The molecule has 2 aromatic heterocycles. The third-order valence-electron chi connectivity index (χ3n) is 6.78. The molecule has 43 heavy (non-hydrogen) atoms. The van der Waals surface area contributed by atoms with Gasteiger partial charge in [-0.1, -0.05) is 26.0 Å². The van der Waals surface area contributed by atoms with Crippen molar-refractivity contribution in [2.24, 2.45) is 5.92 Å². The first-order valence-electron chi connectivity index (χ1n) is 13.3. The number of benzene rings is 1. The molecule has 1 aromatic carbocycles. The molecule has 16 heteroatoms. The number of nitrogens with zero attached hydrogens (tertiary/aromatic N) is 4. The highest BCUT2D eigenvalue weighted by molar-refractivity contribution is 7.90. The van der Waals surface area contributed by atoms with E-state index in [1.54, 1.807) is 43.0 Å². The SMILES string of the molecule is COC(=O)N[C@@H](C(=O)N1CC[C@H](Nc2nc(NCC(F)(F)F)c3nc(-c4cccc(S(C)(=O)=O)c4)ccc3n2)C1)C(C)C. The van der Waals surface area contributed by atoms with E-state index in [4.69, 9.17) is 0 Å². The number of sulfone groups is 1. The van der Waals surface area contributed by atoms with E-state index in [0.717, 1.165) is 6.26 Å². The molecule has 1 fully saturated rings. The van der Waals surface area contributed by atoms with Gasteiger partial charge in [0.15, 0.2) is 15.7 Å². The average Bonchev–Trinajstić information content (AvgIpc) is 3.41. The number of halogens is 3. The quantitative estimate of drug-likeness (QED) is 0.323. The zero-order valence-electron chi connectivity index (χ0n) is 23.9. The van der Waals surface area contributed by atoms with Crippen molar-refractivity contribution in [2.75, 3.05) is 43.6 Å². The Balaban J connectivity index is 1.60. The van der Waals surface area contributed by atoms with Gasteiger partial charge in [-0.15, -0.1) is 0 Å². The normalized spacial score (nSPS) is 16.3. The van der Waals surface area contributed by atoms with E-state index >= 15 is 0 Å². The van der Waals surface area contributed by atoms with E-state index in [2.05, 4.69) is 35.6 Å². The number of methoxy groups -OCH3 is 1. The van der Waals surface area contributed by atoms with Crippen LogP contribution in [0.15, 0.2) is 41.3 Å². The molecule has 2 amide bonds. The number of pyridine rings is 1. The molecule has 3 N–H and O–H groups in total. The van der Waals surface area contributed by atoms with Crippen molar-refractivity contribution in [3.8, 4) is 11.3 Å². The van der Waals surface area contributed by atoms with Crippen LogP contribution in [-0.4, -0.2) is 91.5 Å². The number of ether oxygens (including phenoxy) is 1. The van der Waals surface area contributed by atoms with Gasteiger partial charge in [0.25, 0.3) is 0 Å². The molecule has 1 aliphatic heterocycles. The minimum absolute atomic E-state index is 0.0400. The number of amides is 2. The third-order valence-corrected chi connectivity index (χ3v) is 7.89. The van der Waals surface area contributed by atoms with Gasteiger partial charge in [0, 0.05) is 31.0 Å². The fourth-order valence-electron chi connectivity index (χ4n) is 4.59. The maximum Gasteiger partial charge on any atom is 0.407 e. The molecule has 0 spiro atoms. The fourth-order valence-corrected chi connectivity index (χ4v) is 5.26. The Morgan fingerprint density at radius 2 is 1.88 bits per heavy atom. The lowest BCUT2D eigenvalue weighted by atomic mass is 10.0. The fraction of sp³-hybridized carbons (Fsp3) is 0.444. The lowest BCUT2D eigenvalue weighted by Gasteiger charge is -2.26. The van der Waals surface area contributed by atoms with Gasteiger partial charge >= 0.3 is 12.3 Å². The van der Waals surface area contributed by atoms with Crippen LogP contribution in [0.2, 0.25) is 0 Å². The molecular formula is C27H32F3N7O5S. The van der Waals surface area contributed by atoms with Crippen molar-refractivity contribution in [3.05, 3.63) is 36.4 Å². The minimum atomic E-state index is -4.54. The number of rotatable bonds is 9. The monoisotopic (exact) mass is 623 g/mol. The number of carbonyl (C=O) groups excluding carboxylic acids is 2. The van der Waals surface area contributed by atoms with E-state index in [1.807, 2.05) is 0 Å². The number of nitrogens with one attached hydrogen (secondary N) is 3. The van der Waals surface area contributed by atoms with Gasteiger partial charge in [-0.2, -0.15) is 18.2 Å². The number of likely N-dealkylation sites (tertiary alicyclic amines) is 1. The summed E-state index contributed by atoms with van der Waals surface area (Å²) in [4.78, 5) is 39.7. The van der Waals surface area contributed by atoms with Crippen molar-refractivity contribution < 1.29 is 35.9 Å². The van der Waals surface area contributed by atoms with Crippen LogP contribution in [0.4, 0.5) is 29.7 Å². The highest BCUT2D eigenvalue weighted by Crippen LogP contribution is 2.28. The number of hydrogen-bond donors (Lipinski definition) is 3.